The van der Waals surface area contributed by atoms with Gasteiger partial charge >= 0.3 is 13.1 Å². The summed E-state index contributed by atoms with van der Waals surface area (Å²) in [5.41, 5.74) is -0.854. The summed E-state index contributed by atoms with van der Waals surface area (Å²) in [4.78, 5) is 11.4. The van der Waals surface area contributed by atoms with Crippen LogP contribution in [0.3, 0.4) is 0 Å². The zero-order chi connectivity index (χ0) is 19.0. The second kappa shape index (κ2) is 6.86. The monoisotopic (exact) mass is 353 g/mol. The van der Waals surface area contributed by atoms with Gasteiger partial charge in [-0.1, -0.05) is 6.08 Å². The van der Waals surface area contributed by atoms with Crippen molar-refractivity contribution in [2.45, 2.75) is 38.9 Å². The van der Waals surface area contributed by atoms with E-state index in [9.17, 15) is 18.7 Å². The molecule has 0 spiro atoms. The van der Waals surface area contributed by atoms with Crippen LogP contribution in [-0.4, -0.2) is 43.0 Å². The van der Waals surface area contributed by atoms with Gasteiger partial charge in [-0.25, -0.2) is 13.6 Å². The quantitative estimate of drug-likeness (QED) is 0.797. The van der Waals surface area contributed by atoms with Crippen molar-refractivity contribution in [1.29, 1.82) is 0 Å². The van der Waals surface area contributed by atoms with Gasteiger partial charge in [-0.3, -0.25) is 0 Å². The predicted octanol–water partition coefficient (Wildman–Crippen LogP) is 2.90. The number of carboxylic acids is 1. The number of aromatic carboxylic acids is 1. The Morgan fingerprint density at radius 1 is 1.20 bits per heavy atom. The maximum absolute atomic E-state index is 13.6. The summed E-state index contributed by atoms with van der Waals surface area (Å²) >= 11 is 0. The van der Waals surface area contributed by atoms with E-state index in [2.05, 4.69) is 5.32 Å². The van der Waals surface area contributed by atoms with Crippen LogP contribution in [0.25, 0.3) is 6.08 Å². The third kappa shape index (κ3) is 3.91. The van der Waals surface area contributed by atoms with Gasteiger partial charge in [0.05, 0.1) is 16.8 Å². The van der Waals surface area contributed by atoms with Gasteiger partial charge in [0.15, 0.2) is 11.6 Å². The molecule has 0 aliphatic carbocycles. The summed E-state index contributed by atoms with van der Waals surface area (Å²) in [5, 5.41) is 12.2. The van der Waals surface area contributed by atoms with Crippen molar-refractivity contribution in [1.82, 2.24) is 5.32 Å². The Balaban J connectivity index is 2.48. The summed E-state index contributed by atoms with van der Waals surface area (Å²) in [5.74, 6) is -3.67. The summed E-state index contributed by atoms with van der Waals surface area (Å²) in [6.45, 7) is 7.90. The molecular weight excluding hydrogens is 331 g/mol. The average Bonchev–Trinajstić information content (AvgIpc) is 2.70. The lowest BCUT2D eigenvalue weighted by molar-refractivity contribution is 0.00578. The summed E-state index contributed by atoms with van der Waals surface area (Å²) in [7, 11) is 0.981. The van der Waals surface area contributed by atoms with Crippen LogP contribution in [0.1, 0.15) is 43.6 Å². The molecule has 0 atom stereocenters. The maximum atomic E-state index is 13.6. The Morgan fingerprint density at radius 2 is 1.72 bits per heavy atom. The zero-order valence-electron chi connectivity index (χ0n) is 14.9. The van der Waals surface area contributed by atoms with Crippen LogP contribution in [0.2, 0.25) is 0 Å². The van der Waals surface area contributed by atoms with E-state index in [0.29, 0.717) is 18.1 Å². The number of rotatable bonds is 5. The molecule has 1 aliphatic rings. The standard InChI is InChI=1S/C17H22BF2NO4/c1-16(2)17(3,4)25-18(24-16)11(9-21-5)6-10-7-13(19)14(20)8-12(10)15(22)23/h6-8,21H,9H2,1-5H3,(H,22,23). The first-order valence-corrected chi connectivity index (χ1v) is 7.91. The normalized spacial score (nSPS) is 19.3. The van der Waals surface area contributed by atoms with Gasteiger partial charge in [0.1, 0.15) is 0 Å². The van der Waals surface area contributed by atoms with E-state index in [1.165, 1.54) is 6.08 Å². The second-order valence-corrected chi connectivity index (χ2v) is 7.00. The van der Waals surface area contributed by atoms with Gasteiger partial charge < -0.3 is 19.7 Å². The number of halogens is 2. The Kier molecular flexibility index (Phi) is 5.37. The zero-order valence-corrected chi connectivity index (χ0v) is 14.9. The number of hydrogen-bond donors (Lipinski definition) is 2. The Labute approximate surface area is 146 Å². The highest BCUT2D eigenvalue weighted by molar-refractivity contribution is 6.56. The number of nitrogens with one attached hydrogen (secondary N) is 1. The molecule has 1 fully saturated rings. The van der Waals surface area contributed by atoms with Crippen molar-refractivity contribution >= 4 is 19.2 Å². The topological polar surface area (TPSA) is 67.8 Å². The van der Waals surface area contributed by atoms with E-state index >= 15 is 0 Å². The molecule has 2 rings (SSSR count). The minimum absolute atomic E-state index is 0.0476. The molecule has 8 heteroatoms. The van der Waals surface area contributed by atoms with E-state index in [1.807, 2.05) is 27.7 Å². The molecule has 1 saturated heterocycles. The number of carbonyl (C=O) groups is 1. The third-order valence-corrected chi connectivity index (χ3v) is 4.60. The van der Waals surface area contributed by atoms with Crippen LogP contribution >= 0.6 is 0 Å². The molecule has 1 heterocycles. The minimum atomic E-state index is -1.34. The van der Waals surface area contributed by atoms with Crippen LogP contribution < -0.4 is 5.32 Å². The van der Waals surface area contributed by atoms with E-state index in [0.717, 1.165) is 6.07 Å². The van der Waals surface area contributed by atoms with E-state index in [4.69, 9.17) is 9.31 Å². The molecular formula is C17H22BF2NO4. The van der Waals surface area contributed by atoms with Crippen molar-refractivity contribution in [2.75, 3.05) is 13.6 Å². The molecule has 0 saturated carbocycles. The van der Waals surface area contributed by atoms with Gasteiger partial charge in [0.2, 0.25) is 0 Å². The van der Waals surface area contributed by atoms with Crippen LogP contribution in [-0.2, 0) is 9.31 Å². The SMILES string of the molecule is CNCC(=Cc1cc(F)c(F)cc1C(=O)O)B1OC(C)(C)C(C)(C)O1. The maximum Gasteiger partial charge on any atom is 0.491 e. The molecule has 0 bridgehead atoms. The molecule has 2 N–H and O–H groups in total. The molecule has 0 radical (unpaired) electrons. The number of likely N-dealkylation sites (N-methyl/N-ethyl adjacent to an activating group) is 1. The highest BCUT2D eigenvalue weighted by Crippen LogP contribution is 2.38. The summed E-state index contributed by atoms with van der Waals surface area (Å²) in [6.07, 6.45) is 1.46. The van der Waals surface area contributed by atoms with Crippen LogP contribution in [0, 0.1) is 11.6 Å². The van der Waals surface area contributed by atoms with E-state index in [-0.39, 0.29) is 11.1 Å². The lowest BCUT2D eigenvalue weighted by Crippen LogP contribution is -2.41. The van der Waals surface area contributed by atoms with E-state index in [1.54, 1.807) is 7.05 Å². The van der Waals surface area contributed by atoms with Crippen LogP contribution in [0.4, 0.5) is 8.78 Å². The van der Waals surface area contributed by atoms with Crippen molar-refractivity contribution in [2.24, 2.45) is 0 Å². The van der Waals surface area contributed by atoms with E-state index < -0.39 is 35.9 Å². The average molecular weight is 353 g/mol. The smallest absolute Gasteiger partial charge is 0.478 e. The molecule has 136 valence electrons. The van der Waals surface area contributed by atoms with Gasteiger partial charge in [-0.2, -0.15) is 0 Å². The first kappa shape index (κ1) is 19.6. The second-order valence-electron chi connectivity index (χ2n) is 7.00. The molecule has 0 aromatic heterocycles. The summed E-state index contributed by atoms with van der Waals surface area (Å²) in [6, 6.07) is 1.53. The Bertz CT molecular complexity index is 703. The van der Waals surface area contributed by atoms with Crippen LogP contribution in [0.5, 0.6) is 0 Å². The Morgan fingerprint density at radius 3 is 2.20 bits per heavy atom. The highest BCUT2D eigenvalue weighted by atomic mass is 19.2. The molecule has 1 aliphatic heterocycles. The summed E-state index contributed by atoms with van der Waals surface area (Å²) < 4.78 is 38.9. The minimum Gasteiger partial charge on any atom is -0.478 e. The first-order valence-electron chi connectivity index (χ1n) is 7.91. The fourth-order valence-corrected chi connectivity index (χ4v) is 2.47. The van der Waals surface area contributed by atoms with Gasteiger partial charge in [-0.15, -0.1) is 0 Å². The molecule has 1 aromatic carbocycles. The van der Waals surface area contributed by atoms with Gasteiger partial charge in [0, 0.05) is 6.54 Å². The predicted molar refractivity (Wildman–Crippen MR) is 91.3 cm³/mol. The largest absolute Gasteiger partial charge is 0.491 e. The third-order valence-electron chi connectivity index (χ3n) is 4.60. The number of benzene rings is 1. The number of carboxylic acid groups (broad SMARTS) is 1. The van der Waals surface area contributed by atoms with Gasteiger partial charge in [-0.05, 0) is 57.9 Å². The molecule has 0 unspecified atom stereocenters. The lowest BCUT2D eigenvalue weighted by atomic mass is 9.76. The van der Waals surface area contributed by atoms with Crippen molar-refractivity contribution in [3.63, 3.8) is 0 Å². The fourth-order valence-electron chi connectivity index (χ4n) is 2.47. The molecule has 25 heavy (non-hydrogen) atoms. The van der Waals surface area contributed by atoms with Crippen LogP contribution in [0.15, 0.2) is 17.6 Å². The van der Waals surface area contributed by atoms with Gasteiger partial charge in [0.25, 0.3) is 0 Å². The lowest BCUT2D eigenvalue weighted by Gasteiger charge is -2.32. The Hall–Kier alpha value is -1.77. The van der Waals surface area contributed by atoms with Crippen molar-refractivity contribution in [3.8, 4) is 0 Å². The fraction of sp³-hybridized carbons (Fsp3) is 0.471. The first-order chi connectivity index (χ1) is 11.5. The highest BCUT2D eigenvalue weighted by Gasteiger charge is 2.52. The number of hydrogen-bond acceptors (Lipinski definition) is 4. The molecule has 0 amide bonds. The van der Waals surface area contributed by atoms with Crippen molar-refractivity contribution < 1.29 is 28.0 Å². The van der Waals surface area contributed by atoms with Crippen molar-refractivity contribution in [3.05, 3.63) is 40.4 Å². The molecule has 5 nitrogen and oxygen atoms in total. The molecule has 1 aromatic rings.